The summed E-state index contributed by atoms with van der Waals surface area (Å²) in [6.07, 6.45) is 0. The molecule has 0 bridgehead atoms. The van der Waals surface area contributed by atoms with E-state index in [1.165, 1.54) is 11.3 Å². The summed E-state index contributed by atoms with van der Waals surface area (Å²) >= 11 is 7.78. The molecule has 0 radical (unpaired) electrons. The highest BCUT2D eigenvalue weighted by molar-refractivity contribution is 7.07. The number of nitrogens with one attached hydrogen (secondary N) is 1. The molecular formula is C16H22ClN3S. The van der Waals surface area contributed by atoms with Crippen LogP contribution in [-0.4, -0.2) is 17.6 Å². The number of benzene rings is 1. The van der Waals surface area contributed by atoms with Gasteiger partial charge in [-0.1, -0.05) is 11.6 Å². The van der Waals surface area contributed by atoms with Crippen molar-refractivity contribution in [3.05, 3.63) is 45.4 Å². The Morgan fingerprint density at radius 1 is 1.33 bits per heavy atom. The van der Waals surface area contributed by atoms with Crippen LogP contribution in [0, 0.1) is 0 Å². The van der Waals surface area contributed by atoms with Gasteiger partial charge in [-0.2, -0.15) is 0 Å². The van der Waals surface area contributed by atoms with Gasteiger partial charge in [-0.15, -0.1) is 11.3 Å². The van der Waals surface area contributed by atoms with E-state index in [9.17, 15) is 0 Å². The van der Waals surface area contributed by atoms with E-state index in [4.69, 9.17) is 11.6 Å². The van der Waals surface area contributed by atoms with Crippen molar-refractivity contribution in [2.24, 2.45) is 0 Å². The van der Waals surface area contributed by atoms with Gasteiger partial charge in [-0.05, 0) is 44.5 Å². The summed E-state index contributed by atoms with van der Waals surface area (Å²) in [6, 6.07) is 6.05. The number of rotatable bonds is 5. The Balaban J connectivity index is 2.17. The minimum Gasteiger partial charge on any atom is -0.368 e. The third kappa shape index (κ3) is 4.99. The van der Waals surface area contributed by atoms with Gasteiger partial charge in [-0.3, -0.25) is 0 Å². The van der Waals surface area contributed by atoms with Crippen molar-refractivity contribution < 1.29 is 0 Å². The van der Waals surface area contributed by atoms with Gasteiger partial charge in [0.05, 0.1) is 17.7 Å². The van der Waals surface area contributed by atoms with E-state index in [0.29, 0.717) is 0 Å². The second-order valence-electron chi connectivity index (χ2n) is 6.21. The van der Waals surface area contributed by atoms with Crippen molar-refractivity contribution in [3.63, 3.8) is 0 Å². The Morgan fingerprint density at radius 2 is 2.10 bits per heavy atom. The zero-order chi connectivity index (χ0) is 15.5. The summed E-state index contributed by atoms with van der Waals surface area (Å²) in [5.41, 5.74) is 5.42. The van der Waals surface area contributed by atoms with Crippen molar-refractivity contribution in [1.82, 2.24) is 10.3 Å². The molecule has 21 heavy (non-hydrogen) atoms. The first-order valence-electron chi connectivity index (χ1n) is 6.97. The SMILES string of the molecule is CN(Cc1cscn1)c1ccc(Cl)cc1CNC(C)(C)C. The number of nitrogens with zero attached hydrogens (tertiary/aromatic N) is 2. The number of halogens is 1. The van der Waals surface area contributed by atoms with E-state index in [1.54, 1.807) is 11.3 Å². The fourth-order valence-corrected chi connectivity index (χ4v) is 2.82. The lowest BCUT2D eigenvalue weighted by molar-refractivity contribution is 0.424. The summed E-state index contributed by atoms with van der Waals surface area (Å²) in [7, 11) is 2.09. The van der Waals surface area contributed by atoms with Crippen LogP contribution >= 0.6 is 22.9 Å². The van der Waals surface area contributed by atoms with Crippen molar-refractivity contribution in [2.75, 3.05) is 11.9 Å². The van der Waals surface area contributed by atoms with Crippen LogP contribution in [0.4, 0.5) is 5.69 Å². The molecule has 1 N–H and O–H groups in total. The predicted molar refractivity (Wildman–Crippen MR) is 92.3 cm³/mol. The average Bonchev–Trinajstić information content (AvgIpc) is 2.88. The van der Waals surface area contributed by atoms with Crippen LogP contribution in [-0.2, 0) is 13.1 Å². The lowest BCUT2D eigenvalue weighted by Crippen LogP contribution is -2.35. The second kappa shape index (κ2) is 6.77. The van der Waals surface area contributed by atoms with E-state index in [-0.39, 0.29) is 5.54 Å². The quantitative estimate of drug-likeness (QED) is 0.888. The van der Waals surface area contributed by atoms with Gasteiger partial charge in [0.15, 0.2) is 0 Å². The highest BCUT2D eigenvalue weighted by Gasteiger charge is 2.13. The molecule has 1 aromatic carbocycles. The molecule has 0 unspecified atom stereocenters. The lowest BCUT2D eigenvalue weighted by atomic mass is 10.1. The van der Waals surface area contributed by atoms with Gasteiger partial charge >= 0.3 is 0 Å². The number of aromatic nitrogens is 1. The van der Waals surface area contributed by atoms with Crippen molar-refractivity contribution in [3.8, 4) is 0 Å². The Bertz CT molecular complexity index is 576. The molecule has 0 aliphatic heterocycles. The zero-order valence-electron chi connectivity index (χ0n) is 13.0. The third-order valence-electron chi connectivity index (χ3n) is 3.14. The normalized spacial score (nSPS) is 11.7. The first kappa shape index (κ1) is 16.3. The number of thiazole rings is 1. The summed E-state index contributed by atoms with van der Waals surface area (Å²) < 4.78 is 0. The van der Waals surface area contributed by atoms with Gasteiger partial charge in [0.1, 0.15) is 0 Å². The molecule has 2 aromatic rings. The molecule has 1 aromatic heterocycles. The van der Waals surface area contributed by atoms with Crippen LogP contribution < -0.4 is 10.2 Å². The van der Waals surface area contributed by atoms with Crippen molar-refractivity contribution in [2.45, 2.75) is 39.4 Å². The molecule has 114 valence electrons. The highest BCUT2D eigenvalue weighted by Crippen LogP contribution is 2.25. The van der Waals surface area contributed by atoms with Gasteiger partial charge < -0.3 is 10.2 Å². The maximum atomic E-state index is 6.16. The molecule has 1 heterocycles. The largest absolute Gasteiger partial charge is 0.368 e. The fraction of sp³-hybridized carbons (Fsp3) is 0.438. The van der Waals surface area contributed by atoms with Crippen LogP contribution in [0.15, 0.2) is 29.1 Å². The fourth-order valence-electron chi connectivity index (χ4n) is 2.07. The van der Waals surface area contributed by atoms with E-state index in [0.717, 1.165) is 23.8 Å². The molecule has 0 saturated carbocycles. The Hall–Kier alpha value is -1.10. The van der Waals surface area contributed by atoms with Crippen molar-refractivity contribution >= 4 is 28.6 Å². The maximum Gasteiger partial charge on any atom is 0.0795 e. The Labute approximate surface area is 136 Å². The molecule has 0 saturated heterocycles. The maximum absolute atomic E-state index is 6.16. The Morgan fingerprint density at radius 3 is 2.71 bits per heavy atom. The van der Waals surface area contributed by atoms with E-state index < -0.39 is 0 Å². The number of hydrogen-bond acceptors (Lipinski definition) is 4. The lowest BCUT2D eigenvalue weighted by Gasteiger charge is -2.25. The monoisotopic (exact) mass is 323 g/mol. The molecular weight excluding hydrogens is 302 g/mol. The third-order valence-corrected chi connectivity index (χ3v) is 4.01. The average molecular weight is 324 g/mol. The van der Waals surface area contributed by atoms with Crippen LogP contribution in [0.2, 0.25) is 5.02 Å². The van der Waals surface area contributed by atoms with Gasteiger partial charge in [0, 0.05) is 35.2 Å². The highest BCUT2D eigenvalue weighted by atomic mass is 35.5. The molecule has 0 atom stereocenters. The first-order chi connectivity index (χ1) is 9.85. The molecule has 0 aliphatic carbocycles. The Kier molecular flexibility index (Phi) is 5.25. The molecule has 0 amide bonds. The first-order valence-corrected chi connectivity index (χ1v) is 8.29. The molecule has 0 aliphatic rings. The number of hydrogen-bond donors (Lipinski definition) is 1. The van der Waals surface area contributed by atoms with Crippen LogP contribution in [0.1, 0.15) is 32.0 Å². The summed E-state index contributed by atoms with van der Waals surface area (Å²) in [6.45, 7) is 8.08. The van der Waals surface area contributed by atoms with Crippen LogP contribution in [0.3, 0.4) is 0 Å². The minimum absolute atomic E-state index is 0.0765. The van der Waals surface area contributed by atoms with Crippen molar-refractivity contribution in [1.29, 1.82) is 0 Å². The molecule has 0 spiro atoms. The molecule has 5 heteroatoms. The van der Waals surface area contributed by atoms with E-state index >= 15 is 0 Å². The molecule has 3 nitrogen and oxygen atoms in total. The smallest absolute Gasteiger partial charge is 0.0795 e. The van der Waals surface area contributed by atoms with Gasteiger partial charge in [0.25, 0.3) is 0 Å². The van der Waals surface area contributed by atoms with E-state index in [2.05, 4.69) is 54.5 Å². The standard InChI is InChI=1S/C16H22ClN3S/c1-16(2,3)19-8-12-7-13(17)5-6-15(12)20(4)9-14-10-21-11-18-14/h5-7,10-11,19H,8-9H2,1-4H3. The topological polar surface area (TPSA) is 28.2 Å². The number of anilines is 1. The van der Waals surface area contributed by atoms with E-state index in [1.807, 2.05) is 17.6 Å². The zero-order valence-corrected chi connectivity index (χ0v) is 14.6. The van der Waals surface area contributed by atoms with Gasteiger partial charge in [0.2, 0.25) is 0 Å². The molecule has 0 fully saturated rings. The summed E-state index contributed by atoms with van der Waals surface area (Å²) in [4.78, 5) is 6.56. The second-order valence-corrected chi connectivity index (χ2v) is 7.37. The van der Waals surface area contributed by atoms with Crippen LogP contribution in [0.5, 0.6) is 0 Å². The molecule has 2 rings (SSSR count). The summed E-state index contributed by atoms with van der Waals surface area (Å²) in [5.74, 6) is 0. The predicted octanol–water partition coefficient (Wildman–Crippen LogP) is 4.32. The van der Waals surface area contributed by atoms with Gasteiger partial charge in [-0.25, -0.2) is 4.98 Å². The van der Waals surface area contributed by atoms with Crippen LogP contribution in [0.25, 0.3) is 0 Å². The summed E-state index contributed by atoms with van der Waals surface area (Å²) in [5, 5.41) is 6.37. The minimum atomic E-state index is 0.0765.